The van der Waals surface area contributed by atoms with E-state index in [1.807, 2.05) is 6.92 Å². The van der Waals surface area contributed by atoms with E-state index in [1.165, 1.54) is 12.1 Å². The van der Waals surface area contributed by atoms with E-state index in [4.69, 9.17) is 4.74 Å². The lowest BCUT2D eigenvalue weighted by molar-refractivity contribution is 0.135. The average molecular weight is 238 g/mol. The molecule has 0 radical (unpaired) electrons. The Morgan fingerprint density at radius 2 is 1.94 bits per heavy atom. The van der Waals surface area contributed by atoms with E-state index in [9.17, 15) is 4.39 Å². The number of nitrogens with zero attached hydrogens (tertiary/aromatic N) is 1. The van der Waals surface area contributed by atoms with Crippen LogP contribution in [0.25, 0.3) is 0 Å². The molecule has 1 aromatic rings. The minimum absolute atomic E-state index is 0.124. The van der Waals surface area contributed by atoms with Gasteiger partial charge in [0, 0.05) is 32.7 Å². The molecule has 0 spiro atoms. The van der Waals surface area contributed by atoms with Gasteiger partial charge in [-0.05, 0) is 31.2 Å². The Morgan fingerprint density at radius 1 is 1.29 bits per heavy atom. The third-order valence-corrected chi connectivity index (χ3v) is 2.88. The van der Waals surface area contributed by atoms with E-state index >= 15 is 0 Å². The zero-order chi connectivity index (χ0) is 12.1. The van der Waals surface area contributed by atoms with Crippen LogP contribution in [0.1, 0.15) is 6.92 Å². The quantitative estimate of drug-likeness (QED) is 0.860. The number of nitrogens with one attached hydrogen (secondary N) is 1. The average Bonchev–Trinajstić information content (AvgIpc) is 2.33. The van der Waals surface area contributed by atoms with Crippen LogP contribution in [-0.4, -0.2) is 43.7 Å². The number of piperazine rings is 1. The number of rotatable bonds is 4. The molecule has 94 valence electrons. The predicted molar refractivity (Wildman–Crippen MR) is 65.8 cm³/mol. The lowest BCUT2D eigenvalue weighted by Crippen LogP contribution is -2.46. The van der Waals surface area contributed by atoms with E-state index < -0.39 is 0 Å². The summed E-state index contributed by atoms with van der Waals surface area (Å²) >= 11 is 0. The lowest BCUT2D eigenvalue weighted by atomic mass is 10.3. The second kappa shape index (κ2) is 5.98. The summed E-state index contributed by atoms with van der Waals surface area (Å²) in [5, 5.41) is 3.32. The van der Waals surface area contributed by atoms with Crippen molar-refractivity contribution >= 4 is 0 Å². The Morgan fingerprint density at radius 3 is 2.59 bits per heavy atom. The van der Waals surface area contributed by atoms with Crippen LogP contribution in [0.15, 0.2) is 24.3 Å². The molecule has 3 nitrogen and oxygen atoms in total. The Hall–Kier alpha value is -1.13. The number of hydrogen-bond donors (Lipinski definition) is 1. The normalized spacial score (nSPS) is 18.9. The van der Waals surface area contributed by atoms with Crippen molar-refractivity contribution in [2.45, 2.75) is 13.0 Å². The Kier molecular flexibility index (Phi) is 4.34. The molecule has 1 N–H and O–H groups in total. The summed E-state index contributed by atoms with van der Waals surface area (Å²) in [6.45, 7) is 7.19. The molecular formula is C13H19FN2O. The molecular weight excluding hydrogens is 219 g/mol. The van der Waals surface area contributed by atoms with E-state index in [2.05, 4.69) is 10.2 Å². The number of benzene rings is 1. The van der Waals surface area contributed by atoms with Gasteiger partial charge in [0.1, 0.15) is 17.7 Å². The van der Waals surface area contributed by atoms with Crippen molar-refractivity contribution in [3.8, 4) is 5.75 Å². The second-order valence-electron chi connectivity index (χ2n) is 4.43. The van der Waals surface area contributed by atoms with Gasteiger partial charge in [-0.25, -0.2) is 4.39 Å². The molecule has 1 unspecified atom stereocenters. The van der Waals surface area contributed by atoms with E-state index in [1.54, 1.807) is 12.1 Å². The molecule has 1 aliphatic rings. The maximum absolute atomic E-state index is 12.7. The van der Waals surface area contributed by atoms with Crippen LogP contribution >= 0.6 is 0 Å². The maximum Gasteiger partial charge on any atom is 0.123 e. The molecule has 4 heteroatoms. The van der Waals surface area contributed by atoms with Crippen molar-refractivity contribution in [2.24, 2.45) is 0 Å². The topological polar surface area (TPSA) is 24.5 Å². The van der Waals surface area contributed by atoms with E-state index in [0.29, 0.717) is 0 Å². The first-order valence-electron chi connectivity index (χ1n) is 6.09. The molecule has 1 fully saturated rings. The van der Waals surface area contributed by atoms with Gasteiger partial charge in [-0.2, -0.15) is 0 Å². The molecule has 1 aromatic carbocycles. The zero-order valence-electron chi connectivity index (χ0n) is 10.2. The number of ether oxygens (including phenoxy) is 1. The van der Waals surface area contributed by atoms with E-state index in [-0.39, 0.29) is 11.9 Å². The fraction of sp³-hybridized carbons (Fsp3) is 0.538. The van der Waals surface area contributed by atoms with E-state index in [0.717, 1.165) is 38.5 Å². The third kappa shape index (κ3) is 3.98. The van der Waals surface area contributed by atoms with Crippen LogP contribution < -0.4 is 10.1 Å². The molecule has 0 amide bonds. The highest BCUT2D eigenvalue weighted by atomic mass is 19.1. The van der Waals surface area contributed by atoms with Crippen LogP contribution in [0.5, 0.6) is 5.75 Å². The van der Waals surface area contributed by atoms with Crippen LogP contribution in [0.4, 0.5) is 4.39 Å². The van der Waals surface area contributed by atoms with Gasteiger partial charge < -0.3 is 10.1 Å². The van der Waals surface area contributed by atoms with Crippen molar-refractivity contribution in [1.29, 1.82) is 0 Å². The monoisotopic (exact) mass is 238 g/mol. The van der Waals surface area contributed by atoms with Crippen LogP contribution in [-0.2, 0) is 0 Å². The molecule has 1 saturated heterocycles. The summed E-state index contributed by atoms with van der Waals surface area (Å²) in [5.74, 6) is 0.501. The summed E-state index contributed by atoms with van der Waals surface area (Å²) in [6.07, 6.45) is 0.124. The number of halogens is 1. The van der Waals surface area contributed by atoms with Gasteiger partial charge in [-0.1, -0.05) is 0 Å². The molecule has 1 heterocycles. The minimum atomic E-state index is -0.230. The van der Waals surface area contributed by atoms with Crippen molar-refractivity contribution in [3.05, 3.63) is 30.1 Å². The van der Waals surface area contributed by atoms with Gasteiger partial charge >= 0.3 is 0 Å². The highest BCUT2D eigenvalue weighted by Crippen LogP contribution is 2.13. The smallest absolute Gasteiger partial charge is 0.123 e. The first-order chi connectivity index (χ1) is 8.24. The Balaban J connectivity index is 1.79. The standard InChI is InChI=1S/C13H19FN2O/c1-11(10-16-8-6-15-7-9-16)17-13-4-2-12(14)3-5-13/h2-5,11,15H,6-10H2,1H3. The largest absolute Gasteiger partial charge is 0.489 e. The van der Waals surface area contributed by atoms with Crippen molar-refractivity contribution < 1.29 is 9.13 Å². The molecule has 0 bridgehead atoms. The minimum Gasteiger partial charge on any atom is -0.489 e. The summed E-state index contributed by atoms with van der Waals surface area (Å²) in [4.78, 5) is 2.38. The fourth-order valence-electron chi connectivity index (χ4n) is 2.04. The highest BCUT2D eigenvalue weighted by Gasteiger charge is 2.13. The van der Waals surface area contributed by atoms with Gasteiger partial charge in [0.05, 0.1) is 0 Å². The van der Waals surface area contributed by atoms with Crippen LogP contribution in [0.3, 0.4) is 0 Å². The first kappa shape index (κ1) is 12.3. The molecule has 1 aliphatic heterocycles. The summed E-state index contributed by atoms with van der Waals surface area (Å²) < 4.78 is 18.5. The summed E-state index contributed by atoms with van der Waals surface area (Å²) in [7, 11) is 0. The second-order valence-corrected chi connectivity index (χ2v) is 4.43. The van der Waals surface area contributed by atoms with Gasteiger partial charge in [0.2, 0.25) is 0 Å². The van der Waals surface area contributed by atoms with Crippen LogP contribution in [0.2, 0.25) is 0 Å². The highest BCUT2D eigenvalue weighted by molar-refractivity contribution is 5.22. The fourth-order valence-corrected chi connectivity index (χ4v) is 2.04. The molecule has 0 aromatic heterocycles. The number of hydrogen-bond acceptors (Lipinski definition) is 3. The van der Waals surface area contributed by atoms with Crippen molar-refractivity contribution in [3.63, 3.8) is 0 Å². The predicted octanol–water partition coefficient (Wildman–Crippen LogP) is 1.50. The maximum atomic E-state index is 12.7. The molecule has 0 saturated carbocycles. The van der Waals surface area contributed by atoms with Crippen molar-refractivity contribution in [1.82, 2.24) is 10.2 Å². The molecule has 1 atom stereocenters. The Bertz CT molecular complexity index is 336. The SMILES string of the molecule is CC(CN1CCNCC1)Oc1ccc(F)cc1. The Labute approximate surface area is 102 Å². The first-order valence-corrected chi connectivity index (χ1v) is 6.09. The zero-order valence-corrected chi connectivity index (χ0v) is 10.2. The van der Waals surface area contributed by atoms with Gasteiger partial charge in [-0.3, -0.25) is 4.90 Å². The van der Waals surface area contributed by atoms with Crippen molar-refractivity contribution in [2.75, 3.05) is 32.7 Å². The van der Waals surface area contributed by atoms with Gasteiger partial charge in [0.25, 0.3) is 0 Å². The summed E-state index contributed by atoms with van der Waals surface area (Å²) in [6, 6.07) is 6.19. The molecule has 0 aliphatic carbocycles. The summed E-state index contributed by atoms with van der Waals surface area (Å²) in [5.41, 5.74) is 0. The third-order valence-electron chi connectivity index (χ3n) is 2.88. The van der Waals surface area contributed by atoms with Gasteiger partial charge in [-0.15, -0.1) is 0 Å². The van der Waals surface area contributed by atoms with Gasteiger partial charge in [0.15, 0.2) is 0 Å². The van der Waals surface area contributed by atoms with Crippen LogP contribution in [0, 0.1) is 5.82 Å². The molecule has 17 heavy (non-hydrogen) atoms. The molecule has 2 rings (SSSR count). The lowest BCUT2D eigenvalue weighted by Gasteiger charge is -2.29.